The van der Waals surface area contributed by atoms with Crippen LogP contribution < -0.4 is 26.8 Å². The van der Waals surface area contributed by atoms with Crippen LogP contribution in [0.3, 0.4) is 0 Å². The minimum atomic E-state index is -2.67. The van der Waals surface area contributed by atoms with Gasteiger partial charge < -0.3 is 46.9 Å². The van der Waals surface area contributed by atoms with Crippen LogP contribution in [0.25, 0.3) is 0 Å². The summed E-state index contributed by atoms with van der Waals surface area (Å²) in [7, 11) is 1.50. The van der Waals surface area contributed by atoms with Crippen molar-refractivity contribution in [1.82, 2.24) is 25.3 Å². The van der Waals surface area contributed by atoms with Gasteiger partial charge in [-0.15, -0.1) is 0 Å². The van der Waals surface area contributed by atoms with Crippen LogP contribution in [0, 0.1) is 0 Å². The van der Waals surface area contributed by atoms with Gasteiger partial charge in [0.15, 0.2) is 17.6 Å². The maximum Gasteiger partial charge on any atom is 0.327 e. The van der Waals surface area contributed by atoms with Crippen molar-refractivity contribution in [3.8, 4) is 5.75 Å². The molecule has 5 heterocycles. The Morgan fingerprint density at radius 1 is 1.25 bits per heavy atom. The number of guanidine groups is 2. The van der Waals surface area contributed by atoms with E-state index in [0.29, 0.717) is 12.4 Å². The Balaban J connectivity index is 1.31. The fourth-order valence-corrected chi connectivity index (χ4v) is 6.45. The number of para-hydroxylation sites is 1. The number of rotatable bonds is 4. The van der Waals surface area contributed by atoms with Gasteiger partial charge in [0.25, 0.3) is 5.91 Å². The maximum absolute atomic E-state index is 13.6. The van der Waals surface area contributed by atoms with Gasteiger partial charge in [-0.1, -0.05) is 26.0 Å². The third kappa shape index (κ3) is 3.46. The first kappa shape index (κ1) is 26.1. The Kier molecular flexibility index (Phi) is 5.52. The number of ether oxygens (including phenoxy) is 1. The summed E-state index contributed by atoms with van der Waals surface area (Å²) in [6.07, 6.45) is 0.792. The van der Waals surface area contributed by atoms with Crippen molar-refractivity contribution in [1.29, 1.82) is 0 Å². The molecule has 0 bridgehead atoms. The average molecular weight is 556 g/mol. The number of nitrogens with zero attached hydrogens (tertiary/aromatic N) is 5. The normalized spacial score (nSPS) is 31.5. The van der Waals surface area contributed by atoms with Crippen LogP contribution in [-0.2, 0) is 10.2 Å². The lowest BCUT2D eigenvalue weighted by Crippen LogP contribution is -2.78. The van der Waals surface area contributed by atoms with E-state index in [-0.39, 0.29) is 42.5 Å². The molecule has 1 aromatic carbocycles. The van der Waals surface area contributed by atoms with Gasteiger partial charge in [-0.2, -0.15) is 0 Å². The Hall–Kier alpha value is -4.11. The van der Waals surface area contributed by atoms with Crippen LogP contribution in [0.4, 0.5) is 4.79 Å². The number of imide groups is 1. The molecule has 214 valence electrons. The molecule has 6 rings (SSSR count). The highest BCUT2D eigenvalue weighted by Crippen LogP contribution is 2.45. The molecule has 2 saturated heterocycles. The van der Waals surface area contributed by atoms with Gasteiger partial charge in [-0.05, 0) is 17.9 Å². The van der Waals surface area contributed by atoms with Crippen LogP contribution in [0.15, 0.2) is 28.2 Å². The van der Waals surface area contributed by atoms with E-state index in [1.807, 2.05) is 6.07 Å². The molecule has 8 N–H and O–H groups in total. The molecule has 0 aliphatic carbocycles. The summed E-state index contributed by atoms with van der Waals surface area (Å²) >= 11 is 0. The van der Waals surface area contributed by atoms with E-state index in [4.69, 9.17) is 16.2 Å². The first-order valence-corrected chi connectivity index (χ1v) is 13.1. The number of hydrogen-bond acceptors (Lipinski definition) is 12. The summed E-state index contributed by atoms with van der Waals surface area (Å²) in [5.74, 6) is -3.38. The predicted molar refractivity (Wildman–Crippen MR) is 141 cm³/mol. The van der Waals surface area contributed by atoms with Crippen LogP contribution in [0.2, 0.25) is 0 Å². The molecular weight excluding hydrogens is 522 g/mol. The van der Waals surface area contributed by atoms with E-state index in [1.54, 1.807) is 12.1 Å². The fraction of sp³-hybridized carbons (Fsp3) is 0.560. The summed E-state index contributed by atoms with van der Waals surface area (Å²) in [4.78, 5) is 51.1. The summed E-state index contributed by atoms with van der Waals surface area (Å²) < 4.78 is 5.88. The van der Waals surface area contributed by atoms with Gasteiger partial charge >= 0.3 is 6.03 Å². The number of nitrogens with two attached hydrogens (primary N) is 2. The second-order valence-corrected chi connectivity index (χ2v) is 11.6. The molecule has 0 unspecified atom stereocenters. The molecule has 1 aromatic rings. The number of benzene rings is 1. The third-order valence-electron chi connectivity index (χ3n) is 8.67. The number of likely N-dealkylation sites (N-methyl/N-ethyl adjacent to an activating group) is 1. The van der Waals surface area contributed by atoms with Crippen molar-refractivity contribution in [3.63, 3.8) is 0 Å². The maximum atomic E-state index is 13.6. The van der Waals surface area contributed by atoms with Gasteiger partial charge in [0, 0.05) is 19.2 Å². The molecule has 15 nitrogen and oxygen atoms in total. The zero-order valence-corrected chi connectivity index (χ0v) is 22.4. The van der Waals surface area contributed by atoms with Crippen molar-refractivity contribution < 1.29 is 29.3 Å². The first-order chi connectivity index (χ1) is 18.8. The zero-order chi connectivity index (χ0) is 28.8. The highest BCUT2D eigenvalue weighted by molar-refractivity contribution is 6.02. The molecule has 40 heavy (non-hydrogen) atoms. The van der Waals surface area contributed by atoms with Crippen molar-refractivity contribution >= 4 is 29.8 Å². The van der Waals surface area contributed by atoms with Crippen molar-refractivity contribution in [2.24, 2.45) is 21.5 Å². The van der Waals surface area contributed by atoms with Gasteiger partial charge in [0.05, 0.1) is 24.8 Å². The number of urea groups is 1. The van der Waals surface area contributed by atoms with Crippen LogP contribution in [0.1, 0.15) is 36.2 Å². The zero-order valence-electron chi connectivity index (χ0n) is 22.4. The lowest BCUT2D eigenvalue weighted by atomic mass is 9.79. The molecule has 2 fully saturated rings. The summed E-state index contributed by atoms with van der Waals surface area (Å²) in [6.45, 7) is 4.18. The monoisotopic (exact) mass is 555 g/mol. The number of aliphatic imine (C=N–C) groups is 2. The Morgan fingerprint density at radius 2 is 2.00 bits per heavy atom. The number of amides is 4. The summed E-state index contributed by atoms with van der Waals surface area (Å²) in [5.41, 5.74) is 11.5. The number of hydrogen-bond donors (Lipinski definition) is 6. The fourth-order valence-electron chi connectivity index (χ4n) is 6.45. The van der Waals surface area contributed by atoms with E-state index in [9.17, 15) is 24.6 Å². The molecule has 5 aliphatic heterocycles. The predicted octanol–water partition coefficient (Wildman–Crippen LogP) is -2.58. The smallest absolute Gasteiger partial charge is 0.327 e. The van der Waals surface area contributed by atoms with E-state index in [1.165, 1.54) is 16.8 Å². The summed E-state index contributed by atoms with van der Waals surface area (Å²) in [6, 6.07) is 1.54. The minimum absolute atomic E-state index is 0.0849. The first-order valence-electron chi connectivity index (χ1n) is 13.1. The summed E-state index contributed by atoms with van der Waals surface area (Å²) in [5, 5.41) is 29.0. The van der Waals surface area contributed by atoms with E-state index < -0.39 is 47.4 Å². The van der Waals surface area contributed by atoms with Crippen LogP contribution in [0.5, 0.6) is 5.75 Å². The van der Waals surface area contributed by atoms with E-state index in [2.05, 4.69) is 34.5 Å². The van der Waals surface area contributed by atoms with Gasteiger partial charge in [0.2, 0.25) is 11.7 Å². The second kappa shape index (κ2) is 8.44. The standard InChI is InChI=1S/C25H33N9O6/c1-23(2)7-8-40-17-12(5-4-6-13(17)23)19(36)29-15-10-34-21(27)28-14(9-33-16(35)11-32(3)22(33)37)18-24(34,25(15,38)39)31-20(26)30-18/h4-6,14-15,18,38-39H,7-11H2,1-3H3,(H2,27,28)(H,29,36)(H3,26,30,31)/t14-,15-,18-,24-/m0/s1. The highest BCUT2D eigenvalue weighted by Gasteiger charge is 2.73. The molecular formula is C25H33N9O6. The number of fused-ring (bicyclic) bond motifs is 1. The SMILES string of the molecule is CN1CC(=O)N(C[C@@H]2N=C(N)N3C[C@H](NC(=O)c4cccc5c4OCCC5(C)C)C(O)(O)[C@@]34NC(N)=N[C@@H]24)C1=O. The number of carbonyl (C=O) groups excluding carboxylic acids is 3. The molecule has 5 aliphatic rings. The molecule has 15 heteroatoms. The van der Waals surface area contributed by atoms with E-state index in [0.717, 1.165) is 16.9 Å². The molecule has 0 radical (unpaired) electrons. The minimum Gasteiger partial charge on any atom is -0.492 e. The molecule has 0 aromatic heterocycles. The molecule has 4 amide bonds. The lowest BCUT2D eigenvalue weighted by Gasteiger charge is -2.49. The van der Waals surface area contributed by atoms with Crippen molar-refractivity contribution in [3.05, 3.63) is 29.3 Å². The Bertz CT molecular complexity index is 1380. The number of aliphatic hydroxyl groups is 2. The molecule has 0 saturated carbocycles. The molecule has 1 spiro atoms. The number of nitrogens with one attached hydrogen (secondary N) is 2. The van der Waals surface area contributed by atoms with Gasteiger partial charge in [-0.25, -0.2) is 14.8 Å². The van der Waals surface area contributed by atoms with Crippen LogP contribution in [-0.4, -0.2) is 118 Å². The molecule has 4 atom stereocenters. The van der Waals surface area contributed by atoms with Gasteiger partial charge in [-0.3, -0.25) is 14.5 Å². The third-order valence-corrected chi connectivity index (χ3v) is 8.67. The van der Waals surface area contributed by atoms with Gasteiger partial charge in [0.1, 0.15) is 24.4 Å². The largest absolute Gasteiger partial charge is 0.492 e. The van der Waals surface area contributed by atoms with Crippen molar-refractivity contribution in [2.75, 3.05) is 33.3 Å². The Labute approximate surface area is 229 Å². The quantitative estimate of drug-likeness (QED) is 0.169. The highest BCUT2D eigenvalue weighted by atomic mass is 16.5. The van der Waals surface area contributed by atoms with Crippen molar-refractivity contribution in [2.45, 2.75) is 55.3 Å². The number of carbonyl (C=O) groups is 3. The Morgan fingerprint density at radius 3 is 2.70 bits per heavy atom. The van der Waals surface area contributed by atoms with Crippen LogP contribution >= 0.6 is 0 Å². The second-order valence-electron chi connectivity index (χ2n) is 11.6. The topological polar surface area (TPSA) is 211 Å². The van der Waals surface area contributed by atoms with E-state index >= 15 is 0 Å². The lowest BCUT2D eigenvalue weighted by molar-refractivity contribution is -0.230. The average Bonchev–Trinajstić information content (AvgIpc) is 3.44.